The molecule has 0 heterocycles. The van der Waals surface area contributed by atoms with Crippen molar-refractivity contribution < 1.29 is 38.6 Å². The van der Waals surface area contributed by atoms with E-state index in [9.17, 15) is 0 Å². The van der Waals surface area contributed by atoms with E-state index in [4.69, 9.17) is 0 Å². The van der Waals surface area contributed by atoms with Crippen molar-refractivity contribution in [3.8, 4) is 0 Å². The van der Waals surface area contributed by atoms with Crippen molar-refractivity contribution in [3.63, 3.8) is 0 Å². The molecule has 2 aliphatic rings. The van der Waals surface area contributed by atoms with E-state index in [0.29, 0.717) is 5.92 Å². The fraction of sp³-hybridized carbons (Fsp3) is 0.500. The molecular weight excluding hydrogens is 247 g/mol. The molecule has 64 valence electrons. The van der Waals surface area contributed by atoms with Crippen molar-refractivity contribution in [1.82, 2.24) is 0 Å². The van der Waals surface area contributed by atoms with Gasteiger partial charge in [0, 0.05) is 0 Å². The van der Waals surface area contributed by atoms with Crippen molar-refractivity contribution in [1.29, 1.82) is 0 Å². The fourth-order valence-electron chi connectivity index (χ4n) is 1.91. The molecule has 2 rings (SSSR count). The standard InChI is InChI=1S/C10H13.ClH.Zr/c1-8-6-7-9-4-2-3-5-10(8)9;;/h6-8H,1-5H2;1H;/q-1;;+2/p-1/t8-;;/m0../s1. The predicted molar refractivity (Wildman–Crippen MR) is 43.5 cm³/mol. The first-order chi connectivity index (χ1) is 4.88. The molecular formula is C10H13ClZr. The Morgan fingerprint density at radius 3 is 2.58 bits per heavy atom. The number of hydrogen-bond acceptors (Lipinski definition) is 0. The van der Waals surface area contributed by atoms with Crippen LogP contribution in [0.3, 0.4) is 0 Å². The summed E-state index contributed by atoms with van der Waals surface area (Å²) in [5, 5.41) is 0. The summed E-state index contributed by atoms with van der Waals surface area (Å²) in [7, 11) is 0. The van der Waals surface area contributed by atoms with Gasteiger partial charge < -0.3 is 19.3 Å². The molecule has 0 aromatic heterocycles. The molecule has 0 nitrogen and oxygen atoms in total. The van der Waals surface area contributed by atoms with Gasteiger partial charge in [-0.3, -0.25) is 0 Å². The Morgan fingerprint density at radius 1 is 1.25 bits per heavy atom. The molecule has 0 spiro atoms. The van der Waals surface area contributed by atoms with E-state index in [1.807, 2.05) is 0 Å². The van der Waals surface area contributed by atoms with E-state index in [0.717, 1.165) is 0 Å². The first kappa shape index (κ1) is 12.7. The smallest absolute Gasteiger partial charge is 1.00 e. The van der Waals surface area contributed by atoms with Crippen LogP contribution < -0.4 is 12.4 Å². The normalized spacial score (nSPS) is 25.9. The molecule has 0 saturated carbocycles. The van der Waals surface area contributed by atoms with Crippen LogP contribution in [-0.2, 0) is 26.2 Å². The quantitative estimate of drug-likeness (QED) is 0.532. The van der Waals surface area contributed by atoms with Gasteiger partial charge in [-0.25, -0.2) is 0 Å². The van der Waals surface area contributed by atoms with Crippen LogP contribution in [0.1, 0.15) is 25.7 Å². The van der Waals surface area contributed by atoms with Gasteiger partial charge in [-0.2, -0.15) is 0 Å². The summed E-state index contributed by atoms with van der Waals surface area (Å²) in [5.41, 5.74) is 3.21. The second-order valence-electron chi connectivity index (χ2n) is 3.22. The molecule has 12 heavy (non-hydrogen) atoms. The van der Waals surface area contributed by atoms with Gasteiger partial charge in [0.05, 0.1) is 0 Å². The Morgan fingerprint density at radius 2 is 1.92 bits per heavy atom. The van der Waals surface area contributed by atoms with Gasteiger partial charge >= 0.3 is 26.2 Å². The van der Waals surface area contributed by atoms with Gasteiger partial charge in [-0.1, -0.05) is 17.2 Å². The van der Waals surface area contributed by atoms with Gasteiger partial charge in [-0.05, 0) is 25.7 Å². The molecule has 2 aliphatic carbocycles. The molecule has 0 radical (unpaired) electrons. The Bertz CT molecular complexity index is 206. The SMILES string of the molecule is [CH2-][C@H]1C=CC2=C1CCCC2.[Cl-].[Zr+2]. The molecule has 0 aromatic rings. The summed E-state index contributed by atoms with van der Waals surface area (Å²) in [5.74, 6) is 0.510. The maximum absolute atomic E-state index is 4.08. The Balaban J connectivity index is 0.000000605. The first-order valence-corrected chi connectivity index (χ1v) is 4.11. The minimum atomic E-state index is 0. The summed E-state index contributed by atoms with van der Waals surface area (Å²) < 4.78 is 0. The number of hydrogen-bond donors (Lipinski definition) is 0. The molecule has 0 amide bonds. The Hall–Kier alpha value is 0.653. The second-order valence-corrected chi connectivity index (χ2v) is 3.22. The average Bonchev–Trinajstić information content (AvgIpc) is 2.34. The van der Waals surface area contributed by atoms with Crippen molar-refractivity contribution in [2.75, 3.05) is 0 Å². The van der Waals surface area contributed by atoms with Crippen LogP contribution in [0.5, 0.6) is 0 Å². The van der Waals surface area contributed by atoms with Crippen LogP contribution in [0.25, 0.3) is 0 Å². The first-order valence-electron chi connectivity index (χ1n) is 4.11. The van der Waals surface area contributed by atoms with Gasteiger partial charge in [0.25, 0.3) is 0 Å². The van der Waals surface area contributed by atoms with Gasteiger partial charge in [0.2, 0.25) is 0 Å². The third-order valence-electron chi connectivity index (χ3n) is 2.53. The molecule has 2 heteroatoms. The van der Waals surface area contributed by atoms with Gasteiger partial charge in [0.1, 0.15) is 0 Å². The molecule has 0 saturated heterocycles. The third-order valence-corrected chi connectivity index (χ3v) is 2.53. The topological polar surface area (TPSA) is 0 Å². The third kappa shape index (κ3) is 2.33. The van der Waals surface area contributed by atoms with Crippen molar-refractivity contribution in [2.24, 2.45) is 5.92 Å². The molecule has 0 N–H and O–H groups in total. The summed E-state index contributed by atoms with van der Waals surface area (Å²) in [6.07, 6.45) is 9.87. The fourth-order valence-corrected chi connectivity index (χ4v) is 1.91. The minimum Gasteiger partial charge on any atom is -1.00 e. The van der Waals surface area contributed by atoms with Crippen LogP contribution in [-0.4, -0.2) is 0 Å². The maximum atomic E-state index is 4.08. The van der Waals surface area contributed by atoms with Gasteiger partial charge in [-0.15, -0.1) is 12.0 Å². The van der Waals surface area contributed by atoms with Crippen LogP contribution in [0.2, 0.25) is 0 Å². The van der Waals surface area contributed by atoms with E-state index < -0.39 is 0 Å². The Kier molecular flexibility index (Phi) is 5.69. The monoisotopic (exact) mass is 258 g/mol. The Labute approximate surface area is 100 Å². The van der Waals surface area contributed by atoms with Crippen LogP contribution >= 0.6 is 0 Å². The summed E-state index contributed by atoms with van der Waals surface area (Å²) in [6, 6.07) is 0. The van der Waals surface area contributed by atoms with Crippen molar-refractivity contribution >= 4 is 0 Å². The molecule has 0 aromatic carbocycles. The molecule has 0 aliphatic heterocycles. The zero-order chi connectivity index (χ0) is 6.97. The summed E-state index contributed by atoms with van der Waals surface area (Å²) >= 11 is 0. The van der Waals surface area contributed by atoms with Crippen molar-refractivity contribution in [3.05, 3.63) is 30.2 Å². The molecule has 1 atom stereocenters. The second kappa shape index (κ2) is 5.40. The summed E-state index contributed by atoms with van der Waals surface area (Å²) in [6.45, 7) is 4.08. The van der Waals surface area contributed by atoms with E-state index in [-0.39, 0.29) is 38.6 Å². The molecule has 0 fully saturated rings. The minimum absolute atomic E-state index is 0. The number of allylic oxidation sites excluding steroid dienone is 4. The number of rotatable bonds is 0. The van der Waals surface area contributed by atoms with Crippen LogP contribution in [0.15, 0.2) is 23.3 Å². The predicted octanol–water partition coefficient (Wildman–Crippen LogP) is -0.121. The molecule has 0 unspecified atom stereocenters. The number of halogens is 1. The largest absolute Gasteiger partial charge is 2.00 e. The molecule has 0 bridgehead atoms. The van der Waals surface area contributed by atoms with E-state index in [2.05, 4.69) is 19.1 Å². The van der Waals surface area contributed by atoms with Crippen LogP contribution in [0.4, 0.5) is 0 Å². The van der Waals surface area contributed by atoms with Crippen molar-refractivity contribution in [2.45, 2.75) is 25.7 Å². The zero-order valence-corrected chi connectivity index (χ0v) is 10.4. The van der Waals surface area contributed by atoms with E-state index in [1.165, 1.54) is 25.7 Å². The summed E-state index contributed by atoms with van der Waals surface area (Å²) in [4.78, 5) is 0. The van der Waals surface area contributed by atoms with Crippen LogP contribution in [0, 0.1) is 12.8 Å². The zero-order valence-electron chi connectivity index (χ0n) is 7.15. The van der Waals surface area contributed by atoms with E-state index >= 15 is 0 Å². The maximum Gasteiger partial charge on any atom is 2.00 e. The van der Waals surface area contributed by atoms with E-state index in [1.54, 1.807) is 11.1 Å². The average molecular weight is 260 g/mol. The van der Waals surface area contributed by atoms with Gasteiger partial charge in [0.15, 0.2) is 0 Å².